The second-order valence-electron chi connectivity index (χ2n) is 4.98. The third-order valence-corrected chi connectivity index (χ3v) is 3.55. The van der Waals surface area contributed by atoms with Crippen molar-refractivity contribution in [3.8, 4) is 0 Å². The highest BCUT2D eigenvalue weighted by molar-refractivity contribution is 5.95. The van der Waals surface area contributed by atoms with Crippen LogP contribution in [0.25, 0.3) is 0 Å². The van der Waals surface area contributed by atoms with Crippen LogP contribution in [0.3, 0.4) is 0 Å². The maximum Gasteiger partial charge on any atom is 0.251 e. The second-order valence-corrected chi connectivity index (χ2v) is 4.98. The van der Waals surface area contributed by atoms with Gasteiger partial charge in [-0.2, -0.15) is 0 Å². The van der Waals surface area contributed by atoms with E-state index < -0.39 is 0 Å². The van der Waals surface area contributed by atoms with Gasteiger partial charge in [-0.3, -0.25) is 4.79 Å². The van der Waals surface area contributed by atoms with Gasteiger partial charge in [-0.05, 0) is 29.3 Å². The summed E-state index contributed by atoms with van der Waals surface area (Å²) >= 11 is 0. The SMILES string of the molecule is Nc1cccc(C(=O)NC2CNCc3ccccc32)c1. The van der Waals surface area contributed by atoms with Gasteiger partial charge in [-0.1, -0.05) is 30.3 Å². The molecule has 0 fully saturated rings. The summed E-state index contributed by atoms with van der Waals surface area (Å²) in [6, 6.07) is 15.2. The highest BCUT2D eigenvalue weighted by Gasteiger charge is 2.21. The molecule has 1 aliphatic rings. The van der Waals surface area contributed by atoms with Gasteiger partial charge in [0.25, 0.3) is 5.91 Å². The van der Waals surface area contributed by atoms with Crippen molar-refractivity contribution in [1.29, 1.82) is 0 Å². The summed E-state index contributed by atoms with van der Waals surface area (Å²) in [5.41, 5.74) is 9.32. The summed E-state index contributed by atoms with van der Waals surface area (Å²) in [6.07, 6.45) is 0. The Morgan fingerprint density at radius 1 is 1.20 bits per heavy atom. The largest absolute Gasteiger partial charge is 0.399 e. The normalized spacial score (nSPS) is 17.3. The van der Waals surface area contributed by atoms with Crippen LogP contribution in [-0.2, 0) is 6.54 Å². The Bertz CT molecular complexity index is 639. The molecular formula is C16H17N3O. The minimum atomic E-state index is -0.0965. The molecule has 1 amide bonds. The van der Waals surface area contributed by atoms with Crippen LogP contribution < -0.4 is 16.4 Å². The smallest absolute Gasteiger partial charge is 0.251 e. The summed E-state index contributed by atoms with van der Waals surface area (Å²) < 4.78 is 0. The highest BCUT2D eigenvalue weighted by Crippen LogP contribution is 2.22. The summed E-state index contributed by atoms with van der Waals surface area (Å²) in [4.78, 5) is 12.3. The van der Waals surface area contributed by atoms with Crippen molar-refractivity contribution >= 4 is 11.6 Å². The van der Waals surface area contributed by atoms with Crippen molar-refractivity contribution in [3.05, 3.63) is 65.2 Å². The van der Waals surface area contributed by atoms with Crippen LogP contribution in [0.15, 0.2) is 48.5 Å². The molecule has 4 N–H and O–H groups in total. The molecular weight excluding hydrogens is 250 g/mol. The third kappa shape index (κ3) is 2.51. The van der Waals surface area contributed by atoms with E-state index in [2.05, 4.69) is 22.8 Å². The predicted octanol–water partition coefficient (Wildman–Crippen LogP) is 1.84. The number of nitrogen functional groups attached to an aromatic ring is 1. The molecule has 0 radical (unpaired) electrons. The van der Waals surface area contributed by atoms with E-state index in [1.54, 1.807) is 24.3 Å². The van der Waals surface area contributed by atoms with Gasteiger partial charge in [0.1, 0.15) is 0 Å². The quantitative estimate of drug-likeness (QED) is 0.727. The zero-order valence-electron chi connectivity index (χ0n) is 11.1. The third-order valence-electron chi connectivity index (χ3n) is 3.55. The molecule has 0 bridgehead atoms. The molecule has 1 aliphatic heterocycles. The van der Waals surface area contributed by atoms with Gasteiger partial charge in [0.05, 0.1) is 6.04 Å². The van der Waals surface area contributed by atoms with E-state index in [0.29, 0.717) is 11.3 Å². The molecule has 4 heteroatoms. The molecule has 0 saturated heterocycles. The number of anilines is 1. The molecule has 3 rings (SSSR count). The van der Waals surface area contributed by atoms with E-state index in [-0.39, 0.29) is 11.9 Å². The van der Waals surface area contributed by atoms with Gasteiger partial charge in [-0.25, -0.2) is 0 Å². The van der Waals surface area contributed by atoms with Crippen molar-refractivity contribution in [3.63, 3.8) is 0 Å². The minimum Gasteiger partial charge on any atom is -0.399 e. The Hall–Kier alpha value is -2.33. The van der Waals surface area contributed by atoms with Gasteiger partial charge in [0, 0.05) is 24.3 Å². The van der Waals surface area contributed by atoms with Gasteiger partial charge in [0.15, 0.2) is 0 Å². The Balaban J connectivity index is 1.81. The average molecular weight is 267 g/mol. The molecule has 1 unspecified atom stereocenters. The van der Waals surface area contributed by atoms with Crippen molar-refractivity contribution in [2.75, 3.05) is 12.3 Å². The maximum atomic E-state index is 12.3. The molecule has 0 aromatic heterocycles. The number of nitrogens with two attached hydrogens (primary N) is 1. The van der Waals surface area contributed by atoms with Crippen molar-refractivity contribution < 1.29 is 4.79 Å². The Labute approximate surface area is 118 Å². The number of amides is 1. The summed E-state index contributed by atoms with van der Waals surface area (Å²) in [7, 11) is 0. The van der Waals surface area contributed by atoms with E-state index in [9.17, 15) is 4.79 Å². The zero-order valence-corrected chi connectivity index (χ0v) is 11.1. The summed E-state index contributed by atoms with van der Waals surface area (Å²) in [5.74, 6) is -0.0965. The number of hydrogen-bond donors (Lipinski definition) is 3. The van der Waals surface area contributed by atoms with Crippen LogP contribution in [-0.4, -0.2) is 12.5 Å². The Morgan fingerprint density at radius 2 is 2.05 bits per heavy atom. The average Bonchev–Trinajstić information content (AvgIpc) is 2.47. The van der Waals surface area contributed by atoms with E-state index in [1.807, 2.05) is 12.1 Å². The van der Waals surface area contributed by atoms with E-state index >= 15 is 0 Å². The van der Waals surface area contributed by atoms with E-state index in [0.717, 1.165) is 13.1 Å². The van der Waals surface area contributed by atoms with Crippen molar-refractivity contribution in [1.82, 2.24) is 10.6 Å². The highest BCUT2D eigenvalue weighted by atomic mass is 16.1. The number of fused-ring (bicyclic) bond motifs is 1. The molecule has 102 valence electrons. The monoisotopic (exact) mass is 267 g/mol. The molecule has 4 nitrogen and oxygen atoms in total. The van der Waals surface area contributed by atoms with Gasteiger partial charge in [-0.15, -0.1) is 0 Å². The first-order valence-electron chi connectivity index (χ1n) is 6.69. The lowest BCUT2D eigenvalue weighted by Gasteiger charge is -2.27. The first-order valence-corrected chi connectivity index (χ1v) is 6.69. The van der Waals surface area contributed by atoms with Crippen LogP contribution in [0.2, 0.25) is 0 Å². The van der Waals surface area contributed by atoms with Crippen molar-refractivity contribution in [2.45, 2.75) is 12.6 Å². The standard InChI is InChI=1S/C16H17N3O/c17-13-6-3-5-11(8-13)16(20)19-15-10-18-9-12-4-1-2-7-14(12)15/h1-8,15,18H,9-10,17H2,(H,19,20). The lowest BCUT2D eigenvalue weighted by molar-refractivity contribution is 0.0934. The first kappa shape index (κ1) is 12.7. The van der Waals surface area contributed by atoms with E-state index in [4.69, 9.17) is 5.73 Å². The number of carbonyl (C=O) groups is 1. The molecule has 1 atom stereocenters. The fourth-order valence-corrected chi connectivity index (χ4v) is 2.55. The first-order chi connectivity index (χ1) is 9.74. The summed E-state index contributed by atoms with van der Waals surface area (Å²) in [6.45, 7) is 1.59. The fraction of sp³-hybridized carbons (Fsp3) is 0.188. The molecule has 0 saturated carbocycles. The number of carbonyl (C=O) groups excluding carboxylic acids is 1. The van der Waals surface area contributed by atoms with Crippen LogP contribution in [0.4, 0.5) is 5.69 Å². The van der Waals surface area contributed by atoms with Crippen LogP contribution in [0, 0.1) is 0 Å². The zero-order chi connectivity index (χ0) is 13.9. The summed E-state index contributed by atoms with van der Waals surface area (Å²) in [5, 5.41) is 6.38. The van der Waals surface area contributed by atoms with Crippen molar-refractivity contribution in [2.24, 2.45) is 0 Å². The Morgan fingerprint density at radius 3 is 2.90 bits per heavy atom. The molecule has 0 spiro atoms. The fourth-order valence-electron chi connectivity index (χ4n) is 2.55. The van der Waals surface area contributed by atoms with Gasteiger partial charge >= 0.3 is 0 Å². The lowest BCUT2D eigenvalue weighted by Crippen LogP contribution is -2.39. The van der Waals surface area contributed by atoms with E-state index in [1.165, 1.54) is 11.1 Å². The molecule has 20 heavy (non-hydrogen) atoms. The molecule has 2 aromatic rings. The lowest BCUT2D eigenvalue weighted by atomic mass is 9.96. The number of hydrogen-bond acceptors (Lipinski definition) is 3. The van der Waals surface area contributed by atoms with Gasteiger partial charge < -0.3 is 16.4 Å². The molecule has 0 aliphatic carbocycles. The minimum absolute atomic E-state index is 0.00567. The van der Waals surface area contributed by atoms with Crippen LogP contribution in [0.1, 0.15) is 27.5 Å². The van der Waals surface area contributed by atoms with Gasteiger partial charge in [0.2, 0.25) is 0 Å². The topological polar surface area (TPSA) is 67.2 Å². The number of benzene rings is 2. The second kappa shape index (κ2) is 5.35. The van der Waals surface area contributed by atoms with Crippen LogP contribution in [0.5, 0.6) is 0 Å². The predicted molar refractivity (Wildman–Crippen MR) is 79.2 cm³/mol. The number of rotatable bonds is 2. The maximum absolute atomic E-state index is 12.3. The molecule has 1 heterocycles. The Kier molecular flexibility index (Phi) is 3.39. The number of nitrogens with one attached hydrogen (secondary N) is 2. The van der Waals surface area contributed by atoms with Crippen LogP contribution >= 0.6 is 0 Å². The molecule has 2 aromatic carbocycles.